The molecule has 1 N–H and O–H groups in total. The molecule has 4 aromatic rings. The minimum atomic E-state index is -0.164. The first kappa shape index (κ1) is 23.9. The summed E-state index contributed by atoms with van der Waals surface area (Å²) in [5.41, 5.74) is 3.81. The Labute approximate surface area is 214 Å². The number of nitrogens with one attached hydrogen (secondary N) is 1. The monoisotopic (exact) mass is 502 g/mol. The predicted molar refractivity (Wildman–Crippen MR) is 144 cm³/mol. The van der Waals surface area contributed by atoms with Crippen molar-refractivity contribution in [2.75, 3.05) is 32.1 Å². The highest BCUT2D eigenvalue weighted by molar-refractivity contribution is 7.16. The van der Waals surface area contributed by atoms with Gasteiger partial charge in [-0.15, -0.1) is 11.3 Å². The summed E-state index contributed by atoms with van der Waals surface area (Å²) >= 11 is 1.66. The van der Waals surface area contributed by atoms with Crippen LogP contribution in [0, 0.1) is 6.92 Å². The van der Waals surface area contributed by atoms with Crippen molar-refractivity contribution in [3.63, 3.8) is 0 Å². The molecule has 0 unspecified atom stereocenters. The summed E-state index contributed by atoms with van der Waals surface area (Å²) < 4.78 is 7.31. The quantitative estimate of drug-likeness (QED) is 0.395. The minimum Gasteiger partial charge on any atom is -0.497 e. The lowest BCUT2D eigenvalue weighted by atomic mass is 10.1. The normalized spacial score (nSPS) is 15.8. The number of rotatable bonds is 5. The van der Waals surface area contributed by atoms with Gasteiger partial charge in [0, 0.05) is 43.3 Å². The van der Waals surface area contributed by atoms with Gasteiger partial charge >= 0.3 is 6.03 Å². The average Bonchev–Trinajstić information content (AvgIpc) is 3.48. The molecule has 1 fully saturated rings. The van der Waals surface area contributed by atoms with Gasteiger partial charge in [0.15, 0.2) is 0 Å². The first-order chi connectivity index (χ1) is 17.4. The van der Waals surface area contributed by atoms with Crippen molar-refractivity contribution in [2.45, 2.75) is 26.4 Å². The third-order valence-corrected chi connectivity index (χ3v) is 7.78. The highest BCUT2D eigenvalue weighted by atomic mass is 32.1. The Balaban J connectivity index is 1.30. The van der Waals surface area contributed by atoms with E-state index in [-0.39, 0.29) is 18.0 Å². The largest absolute Gasteiger partial charge is 0.497 e. The van der Waals surface area contributed by atoms with Crippen molar-refractivity contribution < 1.29 is 14.3 Å². The number of methoxy groups -OCH3 is 1. The molecule has 0 radical (unpaired) electrons. The summed E-state index contributed by atoms with van der Waals surface area (Å²) in [5.74, 6) is 0.745. The number of carbonyl (C=O) groups excluding carboxylic acids is 2. The minimum absolute atomic E-state index is 0.00838. The van der Waals surface area contributed by atoms with Crippen molar-refractivity contribution in [1.29, 1.82) is 0 Å². The van der Waals surface area contributed by atoms with Crippen LogP contribution in [0.4, 0.5) is 10.5 Å². The molecule has 0 bridgehead atoms. The Kier molecular flexibility index (Phi) is 6.69. The standard InChI is InChI=1S/C28H30N4O3S/c1-19-6-4-5-7-22(19)18-32-25(16-21-12-15-36-27(21)32)26(33)30-13-14-31(20(2)17-30)28(34)29-23-8-10-24(35-3)11-9-23/h4-12,15-16,20H,13-14,17-18H2,1-3H3,(H,29,34)/t20-/m1/s1. The molecule has 1 atom stereocenters. The first-order valence-electron chi connectivity index (χ1n) is 12.1. The Morgan fingerprint density at radius 2 is 1.86 bits per heavy atom. The fourth-order valence-corrected chi connectivity index (χ4v) is 5.64. The van der Waals surface area contributed by atoms with Gasteiger partial charge in [-0.3, -0.25) is 4.79 Å². The van der Waals surface area contributed by atoms with Gasteiger partial charge in [-0.05, 0) is 66.8 Å². The molecule has 5 rings (SSSR count). The van der Waals surface area contributed by atoms with Crippen LogP contribution in [0.5, 0.6) is 5.75 Å². The maximum Gasteiger partial charge on any atom is 0.322 e. The highest BCUT2D eigenvalue weighted by Gasteiger charge is 2.32. The molecular weight excluding hydrogens is 472 g/mol. The van der Waals surface area contributed by atoms with E-state index in [1.807, 2.05) is 54.3 Å². The van der Waals surface area contributed by atoms with Gasteiger partial charge in [-0.1, -0.05) is 24.3 Å². The zero-order valence-corrected chi connectivity index (χ0v) is 21.5. The smallest absolute Gasteiger partial charge is 0.322 e. The topological polar surface area (TPSA) is 66.8 Å². The summed E-state index contributed by atoms with van der Waals surface area (Å²) in [5, 5.41) is 6.10. The number of hydrogen-bond donors (Lipinski definition) is 1. The molecule has 1 saturated heterocycles. The fourth-order valence-electron chi connectivity index (χ4n) is 4.74. The first-order valence-corrected chi connectivity index (χ1v) is 12.9. The SMILES string of the molecule is COc1ccc(NC(=O)N2CCN(C(=O)c3cc4ccsc4n3Cc3ccccc3C)C[C@H]2C)cc1. The second kappa shape index (κ2) is 10.1. The van der Waals surface area contributed by atoms with Crippen LogP contribution in [0.3, 0.4) is 0 Å². The number of ether oxygens (including phenoxy) is 1. The van der Waals surface area contributed by atoms with E-state index in [2.05, 4.69) is 40.4 Å². The van der Waals surface area contributed by atoms with Crippen LogP contribution in [-0.2, 0) is 6.54 Å². The molecule has 8 heteroatoms. The molecule has 3 amide bonds. The molecule has 0 spiro atoms. The van der Waals surface area contributed by atoms with E-state index < -0.39 is 0 Å². The summed E-state index contributed by atoms with van der Waals surface area (Å²) in [4.78, 5) is 31.4. The van der Waals surface area contributed by atoms with Crippen LogP contribution in [0.25, 0.3) is 10.2 Å². The van der Waals surface area contributed by atoms with Crippen molar-refractivity contribution in [3.05, 3.63) is 82.9 Å². The summed E-state index contributed by atoms with van der Waals surface area (Å²) in [6, 6.07) is 19.3. The summed E-state index contributed by atoms with van der Waals surface area (Å²) in [6.45, 7) is 6.18. The van der Waals surface area contributed by atoms with Gasteiger partial charge in [0.1, 0.15) is 16.3 Å². The molecule has 1 aliphatic rings. The Morgan fingerprint density at radius 1 is 1.08 bits per heavy atom. The van der Waals surface area contributed by atoms with E-state index in [0.29, 0.717) is 37.6 Å². The number of hydrogen-bond acceptors (Lipinski definition) is 4. The lowest BCUT2D eigenvalue weighted by molar-refractivity contribution is 0.0583. The number of aryl methyl sites for hydroxylation is 1. The predicted octanol–water partition coefficient (Wildman–Crippen LogP) is 5.45. The zero-order valence-electron chi connectivity index (χ0n) is 20.7. The van der Waals surface area contributed by atoms with Gasteiger partial charge in [-0.2, -0.15) is 0 Å². The highest BCUT2D eigenvalue weighted by Crippen LogP contribution is 2.28. The number of thiophene rings is 1. The lowest BCUT2D eigenvalue weighted by Crippen LogP contribution is -2.56. The number of nitrogens with zero attached hydrogens (tertiary/aromatic N) is 3. The molecule has 1 aliphatic heterocycles. The van der Waals surface area contributed by atoms with Crippen molar-refractivity contribution in [2.24, 2.45) is 0 Å². The number of aromatic nitrogens is 1. The van der Waals surface area contributed by atoms with Crippen molar-refractivity contribution >= 4 is 39.2 Å². The molecule has 36 heavy (non-hydrogen) atoms. The number of benzene rings is 2. The molecule has 186 valence electrons. The number of carbonyl (C=O) groups is 2. The van der Waals surface area contributed by atoms with Gasteiger partial charge in [-0.25, -0.2) is 4.79 Å². The number of anilines is 1. The maximum absolute atomic E-state index is 13.7. The fraction of sp³-hybridized carbons (Fsp3) is 0.286. The Bertz CT molecular complexity index is 1390. The van der Waals surface area contributed by atoms with E-state index in [9.17, 15) is 9.59 Å². The maximum atomic E-state index is 13.7. The van der Waals surface area contributed by atoms with E-state index in [1.54, 1.807) is 23.3 Å². The van der Waals surface area contributed by atoms with Crippen LogP contribution >= 0.6 is 11.3 Å². The second-order valence-electron chi connectivity index (χ2n) is 9.18. The van der Waals surface area contributed by atoms with Crippen molar-refractivity contribution in [1.82, 2.24) is 14.4 Å². The van der Waals surface area contributed by atoms with Crippen LogP contribution in [0.2, 0.25) is 0 Å². The van der Waals surface area contributed by atoms with Crippen LogP contribution in [0.15, 0.2) is 66.0 Å². The summed E-state index contributed by atoms with van der Waals surface area (Å²) in [6.07, 6.45) is 0. The van der Waals surface area contributed by atoms with E-state index in [1.165, 1.54) is 11.1 Å². The van der Waals surface area contributed by atoms with Gasteiger partial charge < -0.3 is 24.4 Å². The summed E-state index contributed by atoms with van der Waals surface area (Å²) in [7, 11) is 1.61. The van der Waals surface area contributed by atoms with Crippen LogP contribution < -0.4 is 10.1 Å². The number of urea groups is 1. The molecule has 2 aromatic carbocycles. The van der Waals surface area contributed by atoms with Gasteiger partial charge in [0.05, 0.1) is 7.11 Å². The third-order valence-electron chi connectivity index (χ3n) is 6.83. The van der Waals surface area contributed by atoms with Crippen LogP contribution in [-0.4, -0.2) is 59.1 Å². The number of amides is 3. The Morgan fingerprint density at radius 3 is 2.58 bits per heavy atom. The molecular formula is C28H30N4O3S. The molecule has 7 nitrogen and oxygen atoms in total. The Hall–Kier alpha value is -3.78. The van der Waals surface area contributed by atoms with Gasteiger partial charge in [0.25, 0.3) is 5.91 Å². The number of piperazine rings is 1. The average molecular weight is 503 g/mol. The molecule has 3 heterocycles. The van der Waals surface area contributed by atoms with Gasteiger partial charge in [0.2, 0.25) is 0 Å². The van der Waals surface area contributed by atoms with Crippen molar-refractivity contribution in [3.8, 4) is 5.75 Å². The zero-order chi connectivity index (χ0) is 25.2. The molecule has 0 saturated carbocycles. The van der Waals surface area contributed by atoms with E-state index in [4.69, 9.17) is 4.74 Å². The molecule has 2 aromatic heterocycles. The van der Waals surface area contributed by atoms with Crippen LogP contribution in [0.1, 0.15) is 28.5 Å². The molecule has 0 aliphatic carbocycles. The lowest BCUT2D eigenvalue weighted by Gasteiger charge is -2.39. The number of fused-ring (bicyclic) bond motifs is 1. The van der Waals surface area contributed by atoms with E-state index >= 15 is 0 Å². The van der Waals surface area contributed by atoms with E-state index in [0.717, 1.165) is 16.0 Å². The second-order valence-corrected chi connectivity index (χ2v) is 10.1. The third kappa shape index (κ3) is 4.68.